The predicted octanol–water partition coefficient (Wildman–Crippen LogP) is 3.66. The summed E-state index contributed by atoms with van der Waals surface area (Å²) in [5.74, 6) is 0.956. The molecule has 0 radical (unpaired) electrons. The first kappa shape index (κ1) is 13.5. The summed E-state index contributed by atoms with van der Waals surface area (Å²) in [7, 11) is 0. The number of imidazole rings is 2. The van der Waals surface area contributed by atoms with Crippen LogP contribution in [0.25, 0.3) is 16.3 Å². The largest absolute Gasteiger partial charge is 0.324 e. The molecule has 110 valence electrons. The van der Waals surface area contributed by atoms with E-state index < -0.39 is 0 Å². The van der Waals surface area contributed by atoms with Crippen LogP contribution in [-0.4, -0.2) is 24.1 Å². The summed E-state index contributed by atoms with van der Waals surface area (Å²) < 4.78 is 3.88. The molecule has 0 saturated carbocycles. The predicted molar refractivity (Wildman–Crippen MR) is 87.4 cm³/mol. The summed E-state index contributed by atoms with van der Waals surface area (Å²) >= 11 is 7.64. The molecule has 0 bridgehead atoms. The topological polar surface area (TPSA) is 48.0 Å². The first-order valence-corrected chi connectivity index (χ1v) is 8.04. The second-order valence-electron chi connectivity index (χ2n) is 4.93. The minimum absolute atomic E-state index is 0.460. The van der Waals surface area contributed by atoms with Gasteiger partial charge in [-0.3, -0.25) is 0 Å². The van der Waals surface area contributed by atoms with Crippen LogP contribution >= 0.6 is 22.9 Å². The fourth-order valence-corrected chi connectivity index (χ4v) is 3.32. The molecule has 0 aliphatic heterocycles. The standard InChI is InChI=1S/C15H12ClN5S/c1-10-11(18-14-5-4-13(16)19-21(10)14)9-20-7-6-17-15(20)12-3-2-8-22-12/h2-8H,9H2,1H3. The van der Waals surface area contributed by atoms with Gasteiger partial charge in [0.15, 0.2) is 5.65 Å². The Kier molecular flexibility index (Phi) is 3.20. The van der Waals surface area contributed by atoms with E-state index >= 15 is 0 Å². The minimum Gasteiger partial charge on any atom is -0.324 e. The lowest BCUT2D eigenvalue weighted by atomic mass is 10.3. The average molecular weight is 330 g/mol. The van der Waals surface area contributed by atoms with Crippen LogP contribution in [0, 0.1) is 6.92 Å². The quantitative estimate of drug-likeness (QED) is 0.576. The van der Waals surface area contributed by atoms with Gasteiger partial charge >= 0.3 is 0 Å². The van der Waals surface area contributed by atoms with Crippen molar-refractivity contribution in [2.75, 3.05) is 0 Å². The highest BCUT2D eigenvalue weighted by atomic mass is 35.5. The van der Waals surface area contributed by atoms with Crippen LogP contribution in [-0.2, 0) is 6.54 Å². The van der Waals surface area contributed by atoms with Gasteiger partial charge in [-0.25, -0.2) is 14.5 Å². The van der Waals surface area contributed by atoms with Gasteiger partial charge in [0, 0.05) is 12.4 Å². The summed E-state index contributed by atoms with van der Waals surface area (Å²) in [5, 5.41) is 6.81. The summed E-state index contributed by atoms with van der Waals surface area (Å²) in [6.07, 6.45) is 3.79. The van der Waals surface area contributed by atoms with Crippen molar-refractivity contribution in [3.8, 4) is 10.7 Å². The summed E-state index contributed by atoms with van der Waals surface area (Å²) in [6, 6.07) is 7.73. The minimum atomic E-state index is 0.460. The number of nitrogens with zero attached hydrogens (tertiary/aromatic N) is 5. The van der Waals surface area contributed by atoms with Crippen molar-refractivity contribution in [3.05, 3.63) is 58.6 Å². The second kappa shape index (κ2) is 5.23. The summed E-state index contributed by atoms with van der Waals surface area (Å²) in [4.78, 5) is 10.2. The van der Waals surface area contributed by atoms with Crippen molar-refractivity contribution >= 4 is 28.6 Å². The molecule has 4 aromatic heterocycles. The van der Waals surface area contributed by atoms with E-state index in [0.717, 1.165) is 27.7 Å². The monoisotopic (exact) mass is 329 g/mol. The number of fused-ring (bicyclic) bond motifs is 1. The molecule has 4 rings (SSSR count). The van der Waals surface area contributed by atoms with E-state index in [4.69, 9.17) is 11.6 Å². The average Bonchev–Trinajstić information content (AvgIpc) is 3.22. The van der Waals surface area contributed by atoms with Gasteiger partial charge in [-0.05, 0) is 30.5 Å². The molecule has 0 aliphatic rings. The van der Waals surface area contributed by atoms with Crippen molar-refractivity contribution in [1.29, 1.82) is 0 Å². The number of thiophene rings is 1. The van der Waals surface area contributed by atoms with Gasteiger partial charge in [0.05, 0.1) is 22.8 Å². The Balaban J connectivity index is 1.76. The molecule has 4 aromatic rings. The maximum Gasteiger partial charge on any atom is 0.154 e. The van der Waals surface area contributed by atoms with E-state index in [1.165, 1.54) is 0 Å². The van der Waals surface area contributed by atoms with E-state index in [9.17, 15) is 0 Å². The molecule has 0 aromatic carbocycles. The second-order valence-corrected chi connectivity index (χ2v) is 6.26. The van der Waals surface area contributed by atoms with E-state index in [1.807, 2.05) is 31.5 Å². The number of aromatic nitrogens is 5. The lowest BCUT2D eigenvalue weighted by Gasteiger charge is -2.05. The van der Waals surface area contributed by atoms with Crippen LogP contribution in [0.5, 0.6) is 0 Å². The van der Waals surface area contributed by atoms with Crippen LogP contribution in [0.4, 0.5) is 0 Å². The lowest BCUT2D eigenvalue weighted by Crippen LogP contribution is -2.03. The third-order valence-electron chi connectivity index (χ3n) is 3.54. The van der Waals surface area contributed by atoms with Crippen molar-refractivity contribution in [1.82, 2.24) is 24.1 Å². The molecule has 0 atom stereocenters. The molecule has 22 heavy (non-hydrogen) atoms. The molecule has 4 heterocycles. The lowest BCUT2D eigenvalue weighted by molar-refractivity contribution is 0.777. The summed E-state index contributed by atoms with van der Waals surface area (Å²) in [5.41, 5.74) is 2.75. The van der Waals surface area contributed by atoms with Gasteiger partial charge in [-0.2, -0.15) is 5.10 Å². The van der Waals surface area contributed by atoms with Gasteiger partial charge in [0.25, 0.3) is 0 Å². The highest BCUT2D eigenvalue weighted by molar-refractivity contribution is 7.13. The number of hydrogen-bond donors (Lipinski definition) is 0. The smallest absolute Gasteiger partial charge is 0.154 e. The number of aryl methyl sites for hydroxylation is 1. The zero-order valence-corrected chi connectivity index (χ0v) is 13.3. The third-order valence-corrected chi connectivity index (χ3v) is 4.61. The van der Waals surface area contributed by atoms with Crippen molar-refractivity contribution < 1.29 is 0 Å². The molecule has 0 unspecified atom stereocenters. The Morgan fingerprint density at radius 2 is 2.18 bits per heavy atom. The fraction of sp³-hybridized carbons (Fsp3) is 0.133. The molecular formula is C15H12ClN5S. The maximum atomic E-state index is 5.96. The molecule has 0 saturated heterocycles. The molecule has 5 nitrogen and oxygen atoms in total. The molecule has 0 amide bonds. The Morgan fingerprint density at radius 1 is 1.27 bits per heavy atom. The Bertz CT molecular complexity index is 938. The highest BCUT2D eigenvalue weighted by Crippen LogP contribution is 2.24. The first-order valence-electron chi connectivity index (χ1n) is 6.78. The Morgan fingerprint density at radius 3 is 3.00 bits per heavy atom. The number of halogens is 1. The van der Waals surface area contributed by atoms with Crippen molar-refractivity contribution in [2.45, 2.75) is 13.5 Å². The SMILES string of the molecule is Cc1c(Cn2ccnc2-c2cccs2)nc2ccc(Cl)nn12. The highest BCUT2D eigenvalue weighted by Gasteiger charge is 2.13. The van der Waals surface area contributed by atoms with Gasteiger partial charge in [-0.1, -0.05) is 17.7 Å². The number of rotatable bonds is 3. The fourth-order valence-electron chi connectivity index (χ4n) is 2.45. The van der Waals surface area contributed by atoms with E-state index in [2.05, 4.69) is 31.1 Å². The van der Waals surface area contributed by atoms with Crippen LogP contribution < -0.4 is 0 Å². The van der Waals surface area contributed by atoms with Crippen LogP contribution in [0.1, 0.15) is 11.4 Å². The van der Waals surface area contributed by atoms with E-state index in [1.54, 1.807) is 21.9 Å². The third kappa shape index (κ3) is 2.20. The molecule has 0 spiro atoms. The maximum absolute atomic E-state index is 5.96. The zero-order valence-electron chi connectivity index (χ0n) is 11.8. The van der Waals surface area contributed by atoms with Gasteiger partial charge in [0.2, 0.25) is 0 Å². The Hall–Kier alpha value is -2.18. The van der Waals surface area contributed by atoms with Gasteiger partial charge < -0.3 is 4.57 Å². The van der Waals surface area contributed by atoms with Gasteiger partial charge in [-0.15, -0.1) is 11.3 Å². The molecule has 0 aliphatic carbocycles. The number of hydrogen-bond acceptors (Lipinski definition) is 4. The Labute approximate surface area is 135 Å². The first-order chi connectivity index (χ1) is 10.7. The van der Waals surface area contributed by atoms with Gasteiger partial charge in [0.1, 0.15) is 11.0 Å². The summed E-state index contributed by atoms with van der Waals surface area (Å²) in [6.45, 7) is 2.65. The van der Waals surface area contributed by atoms with E-state index in [0.29, 0.717) is 11.7 Å². The molecular weight excluding hydrogens is 318 g/mol. The normalized spacial score (nSPS) is 11.4. The van der Waals surface area contributed by atoms with Crippen molar-refractivity contribution in [2.24, 2.45) is 0 Å². The zero-order chi connectivity index (χ0) is 15.1. The van der Waals surface area contributed by atoms with E-state index in [-0.39, 0.29) is 0 Å². The molecule has 0 N–H and O–H groups in total. The van der Waals surface area contributed by atoms with Crippen molar-refractivity contribution in [3.63, 3.8) is 0 Å². The molecule has 0 fully saturated rings. The van der Waals surface area contributed by atoms with Crippen LogP contribution in [0.3, 0.4) is 0 Å². The van der Waals surface area contributed by atoms with Crippen LogP contribution in [0.2, 0.25) is 5.15 Å². The molecule has 7 heteroatoms. The van der Waals surface area contributed by atoms with Crippen LogP contribution in [0.15, 0.2) is 42.0 Å².